The topological polar surface area (TPSA) is 49.6 Å². The van der Waals surface area contributed by atoms with Gasteiger partial charge in [0, 0.05) is 38.3 Å². The van der Waals surface area contributed by atoms with Crippen molar-refractivity contribution in [2.75, 3.05) is 26.2 Å². The fourth-order valence-electron chi connectivity index (χ4n) is 2.92. The molecule has 1 aromatic heterocycles. The Bertz CT molecular complexity index is 779. The largest absolute Gasteiger partial charge is 0.361 e. The van der Waals surface area contributed by atoms with E-state index in [9.17, 15) is 18.0 Å². The van der Waals surface area contributed by atoms with E-state index in [1.54, 1.807) is 0 Å². The van der Waals surface area contributed by atoms with Crippen LogP contribution in [0.5, 0.6) is 0 Å². The predicted octanol–water partition coefficient (Wildman–Crippen LogP) is 2.67. The van der Waals surface area contributed by atoms with E-state index in [1.807, 2.05) is 13.8 Å². The number of halogens is 3. The van der Waals surface area contributed by atoms with Crippen LogP contribution in [-0.2, 0) is 6.54 Å². The number of hydrogen-bond acceptors (Lipinski definition) is 4. The minimum atomic E-state index is -1.62. The van der Waals surface area contributed by atoms with Crippen molar-refractivity contribution in [3.05, 3.63) is 52.2 Å². The Kier molecular flexibility index (Phi) is 4.80. The third-order valence-electron chi connectivity index (χ3n) is 4.49. The van der Waals surface area contributed by atoms with Crippen LogP contribution < -0.4 is 0 Å². The molecule has 1 aromatic carbocycles. The van der Waals surface area contributed by atoms with Crippen LogP contribution in [0.3, 0.4) is 0 Å². The van der Waals surface area contributed by atoms with Gasteiger partial charge in [-0.25, -0.2) is 13.2 Å². The van der Waals surface area contributed by atoms with Crippen molar-refractivity contribution < 1.29 is 22.5 Å². The molecular weight excluding hydrogens is 335 g/mol. The quantitative estimate of drug-likeness (QED) is 0.796. The van der Waals surface area contributed by atoms with Gasteiger partial charge in [0.05, 0.1) is 11.3 Å². The Morgan fingerprint density at radius 3 is 2.40 bits per heavy atom. The average molecular weight is 353 g/mol. The van der Waals surface area contributed by atoms with Gasteiger partial charge in [-0.1, -0.05) is 5.16 Å². The zero-order valence-corrected chi connectivity index (χ0v) is 14.0. The molecule has 1 aliphatic rings. The number of carbonyl (C=O) groups is 1. The van der Waals surface area contributed by atoms with Crippen LogP contribution in [0.4, 0.5) is 13.2 Å². The number of nitrogens with zero attached hydrogens (tertiary/aromatic N) is 3. The Morgan fingerprint density at radius 2 is 1.80 bits per heavy atom. The van der Waals surface area contributed by atoms with Gasteiger partial charge in [0.2, 0.25) is 0 Å². The molecule has 1 aliphatic heterocycles. The first kappa shape index (κ1) is 17.5. The number of piperazine rings is 1. The van der Waals surface area contributed by atoms with Crippen LogP contribution in [0.2, 0.25) is 0 Å². The fourth-order valence-corrected chi connectivity index (χ4v) is 2.92. The Balaban J connectivity index is 1.64. The molecule has 0 N–H and O–H groups in total. The predicted molar refractivity (Wildman–Crippen MR) is 83.5 cm³/mol. The van der Waals surface area contributed by atoms with Crippen molar-refractivity contribution in [2.24, 2.45) is 0 Å². The van der Waals surface area contributed by atoms with E-state index in [-0.39, 0.29) is 0 Å². The second kappa shape index (κ2) is 6.87. The summed E-state index contributed by atoms with van der Waals surface area (Å²) in [5.41, 5.74) is 1.41. The summed E-state index contributed by atoms with van der Waals surface area (Å²) in [7, 11) is 0. The first-order chi connectivity index (χ1) is 11.9. The summed E-state index contributed by atoms with van der Waals surface area (Å²) in [6, 6.07) is 1.74. The van der Waals surface area contributed by atoms with Gasteiger partial charge in [-0.15, -0.1) is 0 Å². The zero-order chi connectivity index (χ0) is 18.1. The maximum absolute atomic E-state index is 13.8. The van der Waals surface area contributed by atoms with Crippen LogP contribution in [-0.4, -0.2) is 47.0 Å². The Hall–Kier alpha value is -2.35. The van der Waals surface area contributed by atoms with Crippen molar-refractivity contribution in [3.8, 4) is 0 Å². The molecule has 8 heteroatoms. The standard InChI is InChI=1S/C17H18F3N3O2/c1-10-13(11(2)25-21-10)9-22-5-7-23(8-6-22)17(24)12-3-4-14(18)16(20)15(12)19/h3-4H,5-9H2,1-2H3. The van der Waals surface area contributed by atoms with E-state index >= 15 is 0 Å². The molecular formula is C17H18F3N3O2. The number of rotatable bonds is 3. The normalized spacial score (nSPS) is 15.6. The monoisotopic (exact) mass is 353 g/mol. The maximum atomic E-state index is 13.8. The van der Waals surface area contributed by atoms with E-state index in [4.69, 9.17) is 4.52 Å². The first-order valence-electron chi connectivity index (χ1n) is 7.95. The number of benzene rings is 1. The molecule has 1 amide bonds. The smallest absolute Gasteiger partial charge is 0.257 e. The molecule has 1 saturated heterocycles. The molecule has 25 heavy (non-hydrogen) atoms. The number of amides is 1. The summed E-state index contributed by atoms with van der Waals surface area (Å²) in [5, 5.41) is 3.92. The Morgan fingerprint density at radius 1 is 1.12 bits per heavy atom. The number of hydrogen-bond donors (Lipinski definition) is 0. The van der Waals surface area contributed by atoms with Gasteiger partial charge in [0.15, 0.2) is 17.5 Å². The molecule has 2 aromatic rings. The van der Waals surface area contributed by atoms with Gasteiger partial charge in [-0.05, 0) is 26.0 Å². The molecule has 0 atom stereocenters. The van der Waals surface area contributed by atoms with Crippen LogP contribution in [0, 0.1) is 31.3 Å². The van der Waals surface area contributed by atoms with E-state index < -0.39 is 28.9 Å². The molecule has 0 radical (unpaired) electrons. The second-order valence-electron chi connectivity index (χ2n) is 6.09. The molecule has 1 fully saturated rings. The van der Waals surface area contributed by atoms with Crippen LogP contribution in [0.1, 0.15) is 27.4 Å². The lowest BCUT2D eigenvalue weighted by Crippen LogP contribution is -2.48. The third-order valence-corrected chi connectivity index (χ3v) is 4.49. The van der Waals surface area contributed by atoms with Gasteiger partial charge in [0.1, 0.15) is 5.76 Å². The molecule has 0 bridgehead atoms. The third kappa shape index (κ3) is 3.39. The van der Waals surface area contributed by atoms with Crippen LogP contribution in [0.15, 0.2) is 16.7 Å². The van der Waals surface area contributed by atoms with E-state index in [0.29, 0.717) is 32.7 Å². The molecule has 0 unspecified atom stereocenters. The highest BCUT2D eigenvalue weighted by molar-refractivity contribution is 5.94. The van der Waals surface area contributed by atoms with E-state index in [2.05, 4.69) is 10.1 Å². The summed E-state index contributed by atoms with van der Waals surface area (Å²) in [4.78, 5) is 16.0. The van der Waals surface area contributed by atoms with Crippen molar-refractivity contribution in [1.82, 2.24) is 15.0 Å². The molecule has 0 spiro atoms. The van der Waals surface area contributed by atoms with Gasteiger partial charge in [-0.3, -0.25) is 9.69 Å². The second-order valence-corrected chi connectivity index (χ2v) is 6.09. The number of carbonyl (C=O) groups excluding carboxylic acids is 1. The molecule has 3 rings (SSSR count). The summed E-state index contributed by atoms with van der Waals surface area (Å²) < 4.78 is 45.3. The van der Waals surface area contributed by atoms with Crippen molar-refractivity contribution in [2.45, 2.75) is 20.4 Å². The zero-order valence-electron chi connectivity index (χ0n) is 14.0. The summed E-state index contributed by atoms with van der Waals surface area (Å²) in [6.07, 6.45) is 0. The summed E-state index contributed by atoms with van der Waals surface area (Å²) >= 11 is 0. The molecule has 0 saturated carbocycles. The minimum absolute atomic E-state index is 0.376. The van der Waals surface area contributed by atoms with Crippen molar-refractivity contribution in [1.29, 1.82) is 0 Å². The molecule has 2 heterocycles. The molecule has 5 nitrogen and oxygen atoms in total. The van der Waals surface area contributed by atoms with Crippen LogP contribution >= 0.6 is 0 Å². The van der Waals surface area contributed by atoms with Gasteiger partial charge in [0.25, 0.3) is 5.91 Å². The fraction of sp³-hybridized carbons (Fsp3) is 0.412. The Labute approximate surface area is 143 Å². The van der Waals surface area contributed by atoms with Crippen LogP contribution in [0.25, 0.3) is 0 Å². The van der Waals surface area contributed by atoms with E-state index in [1.165, 1.54) is 4.90 Å². The average Bonchev–Trinajstić information content (AvgIpc) is 2.92. The highest BCUT2D eigenvalue weighted by Crippen LogP contribution is 2.19. The van der Waals surface area contributed by atoms with Gasteiger partial charge >= 0.3 is 0 Å². The number of aryl methyl sites for hydroxylation is 2. The summed E-state index contributed by atoms with van der Waals surface area (Å²) in [6.45, 7) is 6.30. The molecule has 0 aliphatic carbocycles. The van der Waals surface area contributed by atoms with Crippen molar-refractivity contribution in [3.63, 3.8) is 0 Å². The lowest BCUT2D eigenvalue weighted by Gasteiger charge is -2.34. The first-order valence-corrected chi connectivity index (χ1v) is 7.95. The highest BCUT2D eigenvalue weighted by Gasteiger charge is 2.27. The van der Waals surface area contributed by atoms with Gasteiger partial charge in [-0.2, -0.15) is 0 Å². The minimum Gasteiger partial charge on any atom is -0.361 e. The maximum Gasteiger partial charge on any atom is 0.257 e. The lowest BCUT2D eigenvalue weighted by atomic mass is 10.1. The SMILES string of the molecule is Cc1noc(C)c1CN1CCN(C(=O)c2ccc(F)c(F)c2F)CC1. The number of aromatic nitrogens is 1. The van der Waals surface area contributed by atoms with Gasteiger partial charge < -0.3 is 9.42 Å². The lowest BCUT2D eigenvalue weighted by molar-refractivity contribution is 0.0621. The van der Waals surface area contributed by atoms with Crippen molar-refractivity contribution >= 4 is 5.91 Å². The summed E-state index contributed by atoms with van der Waals surface area (Å²) in [5.74, 6) is -4.24. The molecule has 134 valence electrons. The highest BCUT2D eigenvalue weighted by atomic mass is 19.2. The van der Waals surface area contributed by atoms with E-state index in [0.717, 1.165) is 29.2 Å².